The summed E-state index contributed by atoms with van der Waals surface area (Å²) in [5.41, 5.74) is -5.63. The van der Waals surface area contributed by atoms with Gasteiger partial charge < -0.3 is 5.11 Å². The lowest BCUT2D eigenvalue weighted by molar-refractivity contribution is -0.145. The van der Waals surface area contributed by atoms with Crippen LogP contribution in [-0.2, 0) is 12.4 Å². The van der Waals surface area contributed by atoms with Crippen LogP contribution in [0.4, 0.5) is 26.3 Å². The van der Waals surface area contributed by atoms with Crippen molar-refractivity contribution in [2.24, 2.45) is 5.41 Å². The molecule has 0 aromatic heterocycles. The normalized spacial score (nSPS) is 12.8. The van der Waals surface area contributed by atoms with Gasteiger partial charge in [-0.15, -0.1) is 0 Å². The number of rotatable bonds is 4. The monoisotopic (exact) mass is 353 g/mol. The maximum atomic E-state index is 12.8. The Morgan fingerprint density at radius 1 is 1.08 bits per heavy atom. The van der Waals surface area contributed by atoms with Crippen molar-refractivity contribution in [3.05, 3.63) is 28.8 Å². The summed E-state index contributed by atoms with van der Waals surface area (Å²) in [5, 5.41) is 18.1. The Morgan fingerprint density at radius 2 is 1.50 bits per heavy atom. The van der Waals surface area contributed by atoms with Crippen molar-refractivity contribution in [2.45, 2.75) is 39.0 Å². The van der Waals surface area contributed by atoms with E-state index in [-0.39, 0.29) is 18.6 Å². The smallest absolute Gasteiger partial charge is 0.419 e. The van der Waals surface area contributed by atoms with E-state index in [1.54, 1.807) is 0 Å². The number of hydrogen-bond donors (Lipinski definition) is 1. The zero-order valence-corrected chi connectivity index (χ0v) is 12.6. The van der Waals surface area contributed by atoms with Crippen LogP contribution in [0.3, 0.4) is 0 Å². The molecule has 3 nitrogen and oxygen atoms in total. The molecule has 0 aliphatic rings. The van der Waals surface area contributed by atoms with Gasteiger partial charge in [0.2, 0.25) is 0 Å². The number of phenols is 1. The molecule has 132 valence electrons. The minimum Gasteiger partial charge on any atom is -0.507 e. The second-order valence-corrected chi connectivity index (χ2v) is 5.83. The third-order valence-electron chi connectivity index (χ3n) is 3.32. The Bertz CT molecular complexity index is 648. The van der Waals surface area contributed by atoms with Crippen molar-refractivity contribution in [1.29, 1.82) is 5.26 Å². The number of hydrogen-bond acceptors (Lipinski definition) is 3. The summed E-state index contributed by atoms with van der Waals surface area (Å²) in [6.45, 7) is 2.97. The van der Waals surface area contributed by atoms with Gasteiger partial charge in [0.15, 0.2) is 5.78 Å². The van der Waals surface area contributed by atoms with Gasteiger partial charge in [-0.3, -0.25) is 4.79 Å². The molecule has 0 saturated carbocycles. The molecule has 0 amide bonds. The summed E-state index contributed by atoms with van der Waals surface area (Å²) in [6.07, 6.45) is -11.0. The van der Waals surface area contributed by atoms with Crippen molar-refractivity contribution in [2.75, 3.05) is 0 Å². The molecule has 0 fully saturated rings. The van der Waals surface area contributed by atoms with Crippen molar-refractivity contribution >= 4 is 5.78 Å². The van der Waals surface area contributed by atoms with Crippen molar-refractivity contribution in [3.8, 4) is 11.8 Å². The Hall–Kier alpha value is -2.24. The molecule has 0 radical (unpaired) electrons. The molecular formula is C15H13F6NO2. The van der Waals surface area contributed by atoms with Crippen LogP contribution in [0.2, 0.25) is 0 Å². The predicted octanol–water partition coefficient (Wildman–Crippen LogP) is 4.94. The highest BCUT2D eigenvalue weighted by Crippen LogP contribution is 2.44. The second kappa shape index (κ2) is 6.34. The van der Waals surface area contributed by atoms with Crippen LogP contribution in [-0.4, -0.2) is 10.9 Å². The van der Waals surface area contributed by atoms with E-state index in [1.807, 2.05) is 6.07 Å². The highest BCUT2D eigenvalue weighted by Gasteiger charge is 2.42. The summed E-state index contributed by atoms with van der Waals surface area (Å²) >= 11 is 0. The summed E-state index contributed by atoms with van der Waals surface area (Å²) < 4.78 is 76.8. The van der Waals surface area contributed by atoms with Crippen LogP contribution in [0, 0.1) is 16.7 Å². The van der Waals surface area contributed by atoms with Crippen LogP contribution in [0.25, 0.3) is 0 Å². The maximum absolute atomic E-state index is 12.8. The van der Waals surface area contributed by atoms with Gasteiger partial charge in [0.1, 0.15) is 5.75 Å². The van der Waals surface area contributed by atoms with Crippen LogP contribution in [0.15, 0.2) is 12.1 Å². The number of halogens is 6. The standard InChI is InChI=1S/C15H13F6NO2/c1-13(2,7-22)4-3-11(23)8-5-9(14(16,17)18)12(24)10(6-8)15(19,20)21/h5-6,24H,3-4H2,1-2H3. The number of Topliss-reactive ketones (excluding diaryl/α,β-unsaturated/α-hetero) is 1. The van der Waals surface area contributed by atoms with Crippen molar-refractivity contribution < 1.29 is 36.2 Å². The largest absolute Gasteiger partial charge is 0.507 e. The molecule has 24 heavy (non-hydrogen) atoms. The molecule has 0 aliphatic carbocycles. The first-order valence-corrected chi connectivity index (χ1v) is 6.65. The molecule has 1 rings (SSSR count). The lowest BCUT2D eigenvalue weighted by Gasteiger charge is -2.17. The molecule has 1 aromatic rings. The van der Waals surface area contributed by atoms with Crippen molar-refractivity contribution in [1.82, 2.24) is 0 Å². The van der Waals surface area contributed by atoms with E-state index in [2.05, 4.69) is 0 Å². The third kappa shape index (κ3) is 4.63. The average Bonchev–Trinajstić information content (AvgIpc) is 2.42. The zero-order valence-electron chi connectivity index (χ0n) is 12.6. The van der Waals surface area contributed by atoms with Gasteiger partial charge in [-0.2, -0.15) is 31.6 Å². The predicted molar refractivity (Wildman–Crippen MR) is 71.1 cm³/mol. The molecule has 9 heteroatoms. The molecule has 0 aliphatic heterocycles. The van der Waals surface area contributed by atoms with E-state index in [0.717, 1.165) is 0 Å². The first-order valence-electron chi connectivity index (χ1n) is 6.65. The molecule has 1 N–H and O–H groups in total. The Morgan fingerprint density at radius 3 is 1.83 bits per heavy atom. The fourth-order valence-electron chi connectivity index (χ4n) is 1.85. The van der Waals surface area contributed by atoms with E-state index >= 15 is 0 Å². The van der Waals surface area contributed by atoms with Gasteiger partial charge in [-0.05, 0) is 32.4 Å². The number of ketones is 1. The van der Waals surface area contributed by atoms with E-state index < -0.39 is 52.4 Å². The number of phenolic OH excluding ortho intramolecular Hbond substituents is 1. The molecule has 1 aromatic carbocycles. The molecule has 0 unspecified atom stereocenters. The molecule has 0 bridgehead atoms. The Labute approximate surface area is 133 Å². The maximum Gasteiger partial charge on any atom is 0.419 e. The van der Waals surface area contributed by atoms with E-state index in [9.17, 15) is 36.2 Å². The first-order chi connectivity index (χ1) is 10.7. The van der Waals surface area contributed by atoms with Crippen LogP contribution in [0.5, 0.6) is 5.75 Å². The summed E-state index contributed by atoms with van der Waals surface area (Å²) in [5.74, 6) is -2.95. The molecule has 0 saturated heterocycles. The molecule has 0 heterocycles. The van der Waals surface area contributed by atoms with Crippen LogP contribution in [0.1, 0.15) is 48.2 Å². The molecule has 0 spiro atoms. The van der Waals surface area contributed by atoms with Gasteiger partial charge in [0.25, 0.3) is 0 Å². The first kappa shape index (κ1) is 19.8. The minimum atomic E-state index is -5.26. The van der Waals surface area contributed by atoms with Crippen LogP contribution >= 0.6 is 0 Å². The van der Waals surface area contributed by atoms with E-state index in [1.165, 1.54) is 13.8 Å². The number of alkyl halides is 6. The topological polar surface area (TPSA) is 61.1 Å². The number of nitriles is 1. The SMILES string of the molecule is CC(C)(C#N)CCC(=O)c1cc(C(F)(F)F)c(O)c(C(F)(F)F)c1. The zero-order chi connectivity index (χ0) is 18.9. The number of aromatic hydroxyl groups is 1. The number of carbonyl (C=O) groups excluding carboxylic acids is 1. The molecular weight excluding hydrogens is 340 g/mol. The summed E-state index contributed by atoms with van der Waals surface area (Å²) in [6, 6.07) is 2.25. The fourth-order valence-corrected chi connectivity index (χ4v) is 1.85. The minimum absolute atomic E-state index is 0.0358. The van der Waals surface area contributed by atoms with Crippen LogP contribution < -0.4 is 0 Å². The Kier molecular flexibility index (Phi) is 5.23. The molecule has 0 atom stereocenters. The summed E-state index contributed by atoms with van der Waals surface area (Å²) in [7, 11) is 0. The summed E-state index contributed by atoms with van der Waals surface area (Å²) in [4.78, 5) is 12.0. The van der Waals surface area contributed by atoms with E-state index in [0.29, 0.717) is 0 Å². The highest BCUT2D eigenvalue weighted by molar-refractivity contribution is 5.96. The number of carbonyl (C=O) groups is 1. The Balaban J connectivity index is 3.35. The number of benzene rings is 1. The van der Waals surface area contributed by atoms with Gasteiger partial charge in [0, 0.05) is 12.0 Å². The van der Waals surface area contributed by atoms with Gasteiger partial charge in [-0.25, -0.2) is 0 Å². The quantitative estimate of drug-likeness (QED) is 0.616. The van der Waals surface area contributed by atoms with Gasteiger partial charge in [-0.1, -0.05) is 0 Å². The van der Waals surface area contributed by atoms with Crippen molar-refractivity contribution in [3.63, 3.8) is 0 Å². The number of nitrogens with zero attached hydrogens (tertiary/aromatic N) is 1. The highest BCUT2D eigenvalue weighted by atomic mass is 19.4. The van der Waals surface area contributed by atoms with E-state index in [4.69, 9.17) is 5.26 Å². The second-order valence-electron chi connectivity index (χ2n) is 5.83. The van der Waals surface area contributed by atoms with Gasteiger partial charge >= 0.3 is 12.4 Å². The average molecular weight is 353 g/mol. The lowest BCUT2D eigenvalue weighted by Crippen LogP contribution is -2.15. The fraction of sp³-hybridized carbons (Fsp3) is 0.467. The van der Waals surface area contributed by atoms with Gasteiger partial charge in [0.05, 0.1) is 22.6 Å². The third-order valence-corrected chi connectivity index (χ3v) is 3.32. The lowest BCUT2D eigenvalue weighted by atomic mass is 9.87.